The number of ether oxygens (including phenoxy) is 1. The lowest BCUT2D eigenvalue weighted by molar-refractivity contribution is 0.0712. The van der Waals surface area contributed by atoms with Gasteiger partial charge >= 0.3 is 0 Å². The van der Waals surface area contributed by atoms with E-state index in [1.54, 1.807) is 10.7 Å². The van der Waals surface area contributed by atoms with E-state index < -0.39 is 0 Å². The summed E-state index contributed by atoms with van der Waals surface area (Å²) in [6.07, 6.45) is 8.78. The molecule has 2 saturated heterocycles. The standard InChI is InChI=1S/C32H35N7O3/c1-22-3-4-26(17-29(22)36-30(40)27-18-33-32(34-19-27)39-13-15-42-16-14-39)31(41)38-11-9-25(10-12-38)23-5-7-24(8-6-23)28-20-35-37(2)21-28/h3-8,17-21,25H,9-16H2,1-2H3,(H,36,40). The Bertz CT molecular complexity index is 1550. The highest BCUT2D eigenvalue weighted by Crippen LogP contribution is 2.31. The van der Waals surface area contributed by atoms with Crippen LogP contribution in [0.15, 0.2) is 67.3 Å². The Hall–Kier alpha value is -4.57. The molecule has 2 amide bonds. The topological polar surface area (TPSA) is 105 Å². The van der Waals surface area contributed by atoms with Gasteiger partial charge in [-0.1, -0.05) is 30.3 Å². The number of rotatable bonds is 6. The molecule has 10 nitrogen and oxygen atoms in total. The third-order valence-corrected chi connectivity index (χ3v) is 8.13. The van der Waals surface area contributed by atoms with Crippen LogP contribution >= 0.6 is 0 Å². The fraction of sp³-hybridized carbons (Fsp3) is 0.344. The summed E-state index contributed by atoms with van der Waals surface area (Å²) < 4.78 is 7.18. The van der Waals surface area contributed by atoms with Gasteiger partial charge < -0.3 is 19.9 Å². The molecule has 42 heavy (non-hydrogen) atoms. The van der Waals surface area contributed by atoms with Crippen LogP contribution in [0.2, 0.25) is 0 Å². The van der Waals surface area contributed by atoms with Crippen LogP contribution in [-0.4, -0.2) is 75.9 Å². The maximum Gasteiger partial charge on any atom is 0.258 e. The molecule has 2 aromatic carbocycles. The lowest BCUT2D eigenvalue weighted by Gasteiger charge is -2.32. The van der Waals surface area contributed by atoms with Gasteiger partial charge in [-0.05, 0) is 54.5 Å². The van der Waals surface area contributed by atoms with Gasteiger partial charge in [0.15, 0.2) is 0 Å². The summed E-state index contributed by atoms with van der Waals surface area (Å²) in [7, 11) is 1.92. The highest BCUT2D eigenvalue weighted by atomic mass is 16.5. The van der Waals surface area contributed by atoms with E-state index in [0.29, 0.717) is 55.0 Å². The first-order valence-electron chi connectivity index (χ1n) is 14.4. The molecule has 0 saturated carbocycles. The quantitative estimate of drug-likeness (QED) is 0.372. The second-order valence-corrected chi connectivity index (χ2v) is 10.9. The Morgan fingerprint density at radius 3 is 2.26 bits per heavy atom. The largest absolute Gasteiger partial charge is 0.378 e. The summed E-state index contributed by atoms with van der Waals surface area (Å²) in [4.78, 5) is 39.1. The Labute approximate surface area is 245 Å². The predicted molar refractivity (Wildman–Crippen MR) is 161 cm³/mol. The van der Waals surface area contributed by atoms with E-state index in [1.165, 1.54) is 18.0 Å². The summed E-state index contributed by atoms with van der Waals surface area (Å²) in [5.41, 5.74) is 5.96. The molecule has 2 fully saturated rings. The highest BCUT2D eigenvalue weighted by molar-refractivity contribution is 6.05. The molecule has 0 radical (unpaired) electrons. The van der Waals surface area contributed by atoms with Gasteiger partial charge in [-0.15, -0.1) is 0 Å². The van der Waals surface area contributed by atoms with Crippen molar-refractivity contribution < 1.29 is 14.3 Å². The lowest BCUT2D eigenvalue weighted by atomic mass is 9.88. The maximum atomic E-state index is 13.4. The number of aromatic nitrogens is 4. The first-order valence-corrected chi connectivity index (χ1v) is 14.4. The molecule has 0 unspecified atom stereocenters. The van der Waals surface area contributed by atoms with Gasteiger partial charge in [-0.3, -0.25) is 14.3 Å². The first-order chi connectivity index (χ1) is 20.4. The van der Waals surface area contributed by atoms with Gasteiger partial charge in [0, 0.05) is 68.6 Å². The lowest BCUT2D eigenvalue weighted by Crippen LogP contribution is -2.38. The van der Waals surface area contributed by atoms with Crippen molar-refractivity contribution in [2.75, 3.05) is 49.6 Å². The number of anilines is 2. The van der Waals surface area contributed by atoms with Crippen molar-refractivity contribution in [2.45, 2.75) is 25.7 Å². The predicted octanol–water partition coefficient (Wildman–Crippen LogP) is 4.29. The molecule has 0 atom stereocenters. The summed E-state index contributed by atoms with van der Waals surface area (Å²) in [5.74, 6) is 0.673. The summed E-state index contributed by atoms with van der Waals surface area (Å²) in [6, 6.07) is 14.2. The molecule has 0 aliphatic carbocycles. The zero-order valence-electron chi connectivity index (χ0n) is 24.0. The fourth-order valence-corrected chi connectivity index (χ4v) is 5.57. The van der Waals surface area contributed by atoms with Crippen molar-refractivity contribution in [2.24, 2.45) is 7.05 Å². The van der Waals surface area contributed by atoms with Crippen molar-refractivity contribution in [3.05, 3.63) is 89.5 Å². The van der Waals surface area contributed by atoms with Crippen molar-refractivity contribution in [1.82, 2.24) is 24.6 Å². The van der Waals surface area contributed by atoms with Crippen LogP contribution < -0.4 is 10.2 Å². The summed E-state index contributed by atoms with van der Waals surface area (Å²) in [5, 5.41) is 7.20. The number of morpholine rings is 1. The number of nitrogens with zero attached hydrogens (tertiary/aromatic N) is 6. The van der Waals surface area contributed by atoms with Crippen LogP contribution in [-0.2, 0) is 11.8 Å². The Morgan fingerprint density at radius 2 is 1.60 bits per heavy atom. The Balaban J connectivity index is 1.06. The van der Waals surface area contributed by atoms with Gasteiger partial charge in [-0.25, -0.2) is 9.97 Å². The van der Waals surface area contributed by atoms with E-state index in [-0.39, 0.29) is 11.8 Å². The average Bonchev–Trinajstić information content (AvgIpc) is 3.48. The number of carbonyl (C=O) groups is 2. The SMILES string of the molecule is Cc1ccc(C(=O)N2CCC(c3ccc(-c4cnn(C)c4)cc3)CC2)cc1NC(=O)c1cnc(N2CCOCC2)nc1. The van der Waals surface area contributed by atoms with Gasteiger partial charge in [0.2, 0.25) is 5.95 Å². The molecule has 10 heteroatoms. The molecule has 6 rings (SSSR count). The molecule has 216 valence electrons. The van der Waals surface area contributed by atoms with Crippen LogP contribution in [0.1, 0.15) is 50.6 Å². The third kappa shape index (κ3) is 6.03. The molecule has 2 aliphatic rings. The number of aryl methyl sites for hydroxylation is 2. The minimum atomic E-state index is -0.313. The number of carbonyl (C=O) groups excluding carboxylic acids is 2. The molecular formula is C32H35N7O3. The number of amides is 2. The molecule has 2 aliphatic heterocycles. The number of piperidine rings is 1. The Morgan fingerprint density at radius 1 is 0.881 bits per heavy atom. The third-order valence-electron chi connectivity index (χ3n) is 8.13. The summed E-state index contributed by atoms with van der Waals surface area (Å²) >= 11 is 0. The van der Waals surface area contributed by atoms with Gasteiger partial charge in [0.25, 0.3) is 11.8 Å². The Kier molecular flexibility index (Phi) is 7.96. The monoisotopic (exact) mass is 565 g/mol. The second kappa shape index (κ2) is 12.1. The minimum absolute atomic E-state index is 0.0194. The number of hydrogen-bond donors (Lipinski definition) is 1. The number of benzene rings is 2. The highest BCUT2D eigenvalue weighted by Gasteiger charge is 2.25. The van der Waals surface area contributed by atoms with E-state index in [9.17, 15) is 9.59 Å². The van der Waals surface area contributed by atoms with E-state index >= 15 is 0 Å². The summed E-state index contributed by atoms with van der Waals surface area (Å²) in [6.45, 7) is 6.02. The molecule has 0 spiro atoms. The van der Waals surface area contributed by atoms with E-state index in [1.807, 2.05) is 48.3 Å². The van der Waals surface area contributed by atoms with Crippen molar-refractivity contribution in [3.8, 4) is 11.1 Å². The first kappa shape index (κ1) is 27.6. The van der Waals surface area contributed by atoms with Crippen molar-refractivity contribution in [3.63, 3.8) is 0 Å². The van der Waals surface area contributed by atoms with Crippen LogP contribution in [0.5, 0.6) is 0 Å². The second-order valence-electron chi connectivity index (χ2n) is 10.9. The minimum Gasteiger partial charge on any atom is -0.378 e. The molecule has 4 aromatic rings. The molecule has 4 heterocycles. The maximum absolute atomic E-state index is 13.4. The van der Waals surface area contributed by atoms with Crippen LogP contribution in [0, 0.1) is 6.92 Å². The van der Waals surface area contributed by atoms with Gasteiger partial charge in [-0.2, -0.15) is 5.10 Å². The molecular weight excluding hydrogens is 530 g/mol. The fourth-order valence-electron chi connectivity index (χ4n) is 5.57. The molecule has 1 N–H and O–H groups in total. The van der Waals surface area contributed by atoms with Crippen LogP contribution in [0.4, 0.5) is 11.6 Å². The van der Waals surface area contributed by atoms with Crippen LogP contribution in [0.25, 0.3) is 11.1 Å². The number of nitrogens with one attached hydrogen (secondary N) is 1. The number of likely N-dealkylation sites (tertiary alicyclic amines) is 1. The van der Waals surface area contributed by atoms with Crippen molar-refractivity contribution >= 4 is 23.5 Å². The smallest absolute Gasteiger partial charge is 0.258 e. The zero-order chi connectivity index (χ0) is 29.1. The number of hydrogen-bond acceptors (Lipinski definition) is 7. The zero-order valence-corrected chi connectivity index (χ0v) is 24.0. The van der Waals surface area contributed by atoms with Crippen molar-refractivity contribution in [1.29, 1.82) is 0 Å². The van der Waals surface area contributed by atoms with E-state index in [4.69, 9.17) is 4.74 Å². The molecule has 0 bridgehead atoms. The average molecular weight is 566 g/mol. The molecule has 2 aromatic heterocycles. The van der Waals surface area contributed by atoms with E-state index in [0.717, 1.165) is 42.6 Å². The van der Waals surface area contributed by atoms with Gasteiger partial charge in [0.05, 0.1) is 25.0 Å². The van der Waals surface area contributed by atoms with Gasteiger partial charge in [0.1, 0.15) is 0 Å². The van der Waals surface area contributed by atoms with E-state index in [2.05, 4.69) is 44.6 Å². The normalized spacial score (nSPS) is 16.0. The van der Waals surface area contributed by atoms with Crippen LogP contribution in [0.3, 0.4) is 0 Å².